The molecule has 0 aliphatic heterocycles. The van der Waals surface area contributed by atoms with E-state index in [0.29, 0.717) is 11.1 Å². The van der Waals surface area contributed by atoms with Crippen molar-refractivity contribution in [3.8, 4) is 17.1 Å². The monoisotopic (exact) mass is 593 g/mol. The number of pyridine rings is 1. The standard InChI is InChI=1S/C32H27F4N3O4/c1-17-7-8-19(23(33)11-17)16-43-29-6-4-5-27(37-29)22-15-24(34)20(12-25(22)35)13-28-38-30-26(36)14-21(32(40)41)18(2)31(30)39(28)9-10-42-3/h4-8,11-12,14-15H,9-10,13,16H2,1-3H3,(H,40,41). The van der Waals surface area contributed by atoms with Crippen LogP contribution in [0, 0.1) is 37.1 Å². The molecule has 0 fully saturated rings. The van der Waals surface area contributed by atoms with Crippen LogP contribution in [0.2, 0.25) is 0 Å². The number of aromatic nitrogens is 3. The molecule has 43 heavy (non-hydrogen) atoms. The number of carboxylic acids is 1. The number of hydrogen-bond acceptors (Lipinski definition) is 5. The smallest absolute Gasteiger partial charge is 0.336 e. The molecule has 11 heteroatoms. The molecule has 0 amide bonds. The maximum absolute atomic E-state index is 15.4. The lowest BCUT2D eigenvalue weighted by Crippen LogP contribution is -2.11. The zero-order valence-corrected chi connectivity index (χ0v) is 23.6. The maximum atomic E-state index is 15.4. The number of fused-ring (bicyclic) bond motifs is 1. The number of nitrogens with zero attached hydrogens (tertiary/aromatic N) is 3. The Morgan fingerprint density at radius 3 is 2.40 bits per heavy atom. The van der Waals surface area contributed by atoms with Gasteiger partial charge in [0.2, 0.25) is 5.88 Å². The topological polar surface area (TPSA) is 86.5 Å². The highest BCUT2D eigenvalue weighted by Gasteiger charge is 2.23. The highest BCUT2D eigenvalue weighted by atomic mass is 19.1. The van der Waals surface area contributed by atoms with Gasteiger partial charge in [-0.1, -0.05) is 18.2 Å². The first-order valence-electron chi connectivity index (χ1n) is 13.3. The molecule has 0 atom stereocenters. The molecule has 0 radical (unpaired) electrons. The van der Waals surface area contributed by atoms with Crippen molar-refractivity contribution in [1.29, 1.82) is 0 Å². The Labute approximate surface area is 244 Å². The molecule has 0 spiro atoms. The van der Waals surface area contributed by atoms with Gasteiger partial charge < -0.3 is 19.1 Å². The number of ether oxygens (including phenoxy) is 2. The number of aryl methyl sites for hydroxylation is 2. The Bertz CT molecular complexity index is 1860. The fourth-order valence-electron chi connectivity index (χ4n) is 4.91. The molecule has 0 aliphatic carbocycles. The van der Waals surface area contributed by atoms with E-state index in [-0.39, 0.29) is 71.3 Å². The number of halogens is 4. The van der Waals surface area contributed by atoms with Crippen molar-refractivity contribution in [2.45, 2.75) is 33.4 Å². The number of rotatable bonds is 10. The van der Waals surface area contributed by atoms with Gasteiger partial charge in [-0.15, -0.1) is 0 Å². The van der Waals surface area contributed by atoms with Crippen molar-refractivity contribution in [3.05, 3.63) is 112 Å². The summed E-state index contributed by atoms with van der Waals surface area (Å²) in [7, 11) is 1.47. The van der Waals surface area contributed by atoms with Crippen LogP contribution in [0.1, 0.15) is 38.4 Å². The fraction of sp³-hybridized carbons (Fsp3) is 0.219. The number of imidazole rings is 1. The molecule has 1 N–H and O–H groups in total. The molecular formula is C32H27F4N3O4. The summed E-state index contributed by atoms with van der Waals surface area (Å²) in [5.41, 5.74) is 1.28. The van der Waals surface area contributed by atoms with E-state index in [9.17, 15) is 18.7 Å². The average Bonchev–Trinajstić information content (AvgIpc) is 3.33. The summed E-state index contributed by atoms with van der Waals surface area (Å²) in [4.78, 5) is 20.3. The van der Waals surface area contributed by atoms with E-state index in [0.717, 1.165) is 23.8 Å². The van der Waals surface area contributed by atoms with Gasteiger partial charge >= 0.3 is 5.97 Å². The van der Waals surface area contributed by atoms with Gasteiger partial charge in [0.25, 0.3) is 0 Å². The third-order valence-corrected chi connectivity index (χ3v) is 7.12. The van der Waals surface area contributed by atoms with Gasteiger partial charge in [-0.05, 0) is 60.9 Å². The van der Waals surface area contributed by atoms with E-state index in [1.54, 1.807) is 29.7 Å². The maximum Gasteiger partial charge on any atom is 0.336 e. The Morgan fingerprint density at radius 1 is 0.907 bits per heavy atom. The van der Waals surface area contributed by atoms with E-state index in [1.165, 1.54) is 32.2 Å². The van der Waals surface area contributed by atoms with Crippen LogP contribution in [0.3, 0.4) is 0 Å². The molecular weight excluding hydrogens is 566 g/mol. The first-order valence-corrected chi connectivity index (χ1v) is 13.3. The predicted octanol–water partition coefficient (Wildman–Crippen LogP) is 6.79. The summed E-state index contributed by atoms with van der Waals surface area (Å²) in [6.45, 7) is 3.57. The molecule has 3 aromatic carbocycles. The van der Waals surface area contributed by atoms with Gasteiger partial charge in [-0.3, -0.25) is 0 Å². The van der Waals surface area contributed by atoms with Crippen molar-refractivity contribution in [1.82, 2.24) is 14.5 Å². The second-order valence-corrected chi connectivity index (χ2v) is 10.1. The SMILES string of the molecule is COCCn1c(Cc2cc(F)c(-c3cccc(OCc4ccc(C)cc4F)n3)cc2F)nc2c(F)cc(C(=O)O)c(C)c21. The highest BCUT2D eigenvalue weighted by molar-refractivity contribution is 5.96. The van der Waals surface area contributed by atoms with E-state index in [4.69, 9.17) is 9.47 Å². The van der Waals surface area contributed by atoms with Gasteiger partial charge in [-0.2, -0.15) is 0 Å². The summed E-state index contributed by atoms with van der Waals surface area (Å²) in [5.74, 6) is -3.76. The zero-order chi connectivity index (χ0) is 30.8. The quantitative estimate of drug-likeness (QED) is 0.180. The first-order chi connectivity index (χ1) is 20.6. The normalized spacial score (nSPS) is 11.3. The molecule has 222 valence electrons. The lowest BCUT2D eigenvalue weighted by Gasteiger charge is -2.13. The second-order valence-electron chi connectivity index (χ2n) is 10.1. The minimum Gasteiger partial charge on any atom is -0.478 e. The van der Waals surface area contributed by atoms with E-state index in [2.05, 4.69) is 9.97 Å². The molecule has 0 bridgehead atoms. The number of carboxylic acid groups (broad SMARTS) is 1. The third-order valence-electron chi connectivity index (χ3n) is 7.12. The highest BCUT2D eigenvalue weighted by Crippen LogP contribution is 2.30. The van der Waals surface area contributed by atoms with Crippen LogP contribution >= 0.6 is 0 Å². The summed E-state index contributed by atoms with van der Waals surface area (Å²) in [6.07, 6.45) is -0.207. The number of aromatic carboxylic acids is 1. The van der Waals surface area contributed by atoms with Crippen LogP contribution in [0.4, 0.5) is 17.6 Å². The first kappa shape index (κ1) is 29.7. The van der Waals surface area contributed by atoms with Gasteiger partial charge in [0.05, 0.1) is 23.4 Å². The number of carbonyl (C=O) groups is 1. The van der Waals surface area contributed by atoms with Crippen LogP contribution in [-0.2, 0) is 24.3 Å². The minimum atomic E-state index is -1.30. The van der Waals surface area contributed by atoms with Crippen molar-refractivity contribution < 1.29 is 36.9 Å². The van der Waals surface area contributed by atoms with Crippen molar-refractivity contribution in [2.75, 3.05) is 13.7 Å². The zero-order valence-electron chi connectivity index (χ0n) is 23.6. The molecule has 2 heterocycles. The van der Waals surface area contributed by atoms with E-state index < -0.39 is 29.2 Å². The summed E-state index contributed by atoms with van der Waals surface area (Å²) < 4.78 is 72.2. The lowest BCUT2D eigenvalue weighted by atomic mass is 10.0. The molecule has 5 rings (SSSR count). The molecule has 5 aromatic rings. The number of benzene rings is 3. The minimum absolute atomic E-state index is 0.0472. The van der Waals surface area contributed by atoms with Crippen LogP contribution in [0.25, 0.3) is 22.3 Å². The summed E-state index contributed by atoms with van der Waals surface area (Å²) >= 11 is 0. The van der Waals surface area contributed by atoms with E-state index in [1.807, 2.05) is 0 Å². The van der Waals surface area contributed by atoms with Gasteiger partial charge in [0, 0.05) is 37.3 Å². The van der Waals surface area contributed by atoms with Crippen molar-refractivity contribution >= 4 is 17.0 Å². The fourth-order valence-corrected chi connectivity index (χ4v) is 4.91. The Balaban J connectivity index is 1.46. The van der Waals surface area contributed by atoms with Crippen LogP contribution in [0.15, 0.2) is 54.6 Å². The molecule has 0 aliphatic rings. The Morgan fingerprint density at radius 2 is 1.67 bits per heavy atom. The third kappa shape index (κ3) is 6.07. The largest absolute Gasteiger partial charge is 0.478 e. The Kier molecular flexibility index (Phi) is 8.45. The van der Waals surface area contributed by atoms with Crippen molar-refractivity contribution in [3.63, 3.8) is 0 Å². The molecule has 7 nitrogen and oxygen atoms in total. The van der Waals surface area contributed by atoms with Gasteiger partial charge in [-0.25, -0.2) is 32.3 Å². The van der Waals surface area contributed by atoms with Crippen LogP contribution in [0.5, 0.6) is 5.88 Å². The lowest BCUT2D eigenvalue weighted by molar-refractivity contribution is 0.0695. The Hall–Kier alpha value is -4.77. The van der Waals surface area contributed by atoms with E-state index >= 15 is 8.78 Å². The average molecular weight is 594 g/mol. The number of methoxy groups -OCH3 is 1. The molecule has 0 unspecified atom stereocenters. The predicted molar refractivity (Wildman–Crippen MR) is 151 cm³/mol. The van der Waals surface area contributed by atoms with Crippen LogP contribution < -0.4 is 4.74 Å². The second kappa shape index (κ2) is 12.2. The number of hydrogen-bond donors (Lipinski definition) is 1. The van der Waals surface area contributed by atoms with Gasteiger partial charge in [0.1, 0.15) is 35.4 Å². The molecule has 0 saturated heterocycles. The summed E-state index contributed by atoms with van der Waals surface area (Å²) in [6, 6.07) is 12.3. The van der Waals surface area contributed by atoms with Gasteiger partial charge in [0.15, 0.2) is 5.82 Å². The molecule has 2 aromatic heterocycles. The summed E-state index contributed by atoms with van der Waals surface area (Å²) in [5, 5.41) is 9.52. The van der Waals surface area contributed by atoms with Crippen molar-refractivity contribution in [2.24, 2.45) is 0 Å². The molecule has 0 saturated carbocycles. The van der Waals surface area contributed by atoms with Crippen LogP contribution in [-0.4, -0.2) is 39.3 Å².